The lowest BCUT2D eigenvalue weighted by molar-refractivity contribution is -0.142. The minimum Gasteiger partial charge on any atom is -0.466 e. The summed E-state index contributed by atoms with van der Waals surface area (Å²) in [5.41, 5.74) is 2.21. The Hall–Kier alpha value is -2.10. The van der Waals surface area contributed by atoms with E-state index in [0.29, 0.717) is 6.61 Å². The monoisotopic (exact) mass is 414 g/mol. The van der Waals surface area contributed by atoms with Gasteiger partial charge in [-0.2, -0.15) is 0 Å². The van der Waals surface area contributed by atoms with Crippen molar-refractivity contribution in [2.45, 2.75) is 26.7 Å². The molecule has 148 valence electrons. The number of rotatable bonds is 7. The van der Waals surface area contributed by atoms with Crippen molar-refractivity contribution < 1.29 is 9.53 Å². The summed E-state index contributed by atoms with van der Waals surface area (Å²) in [5, 5.41) is 1.01. The number of allylic oxidation sites excluding steroid dienone is 1. The molecule has 2 aromatic carbocycles. The van der Waals surface area contributed by atoms with Crippen molar-refractivity contribution in [3.63, 3.8) is 0 Å². The van der Waals surface area contributed by atoms with Crippen LogP contribution in [0, 0.1) is 0 Å². The SMILES string of the molecule is CC/C=C(/CC(=O)OCC)P1(=S)N(c2ccccc2)CCN1c1ccccc1. The van der Waals surface area contributed by atoms with Gasteiger partial charge in [0.25, 0.3) is 0 Å². The largest absolute Gasteiger partial charge is 0.466 e. The van der Waals surface area contributed by atoms with E-state index in [4.69, 9.17) is 16.5 Å². The standard InChI is InChI=1S/C22H27N2O2PS/c1-3-11-21(18-22(25)26-4-2)27(28)23(19-12-7-5-8-13-19)16-17-24(27)20-14-9-6-10-15-20/h5-15H,3-4,16-18H2,1-2H3/b21-11-. The third kappa shape index (κ3) is 4.16. The molecule has 4 nitrogen and oxygen atoms in total. The van der Waals surface area contributed by atoms with Gasteiger partial charge in [-0.1, -0.05) is 49.4 Å². The van der Waals surface area contributed by atoms with Crippen molar-refractivity contribution >= 4 is 35.5 Å². The van der Waals surface area contributed by atoms with E-state index in [0.717, 1.165) is 36.2 Å². The first-order valence-electron chi connectivity index (χ1n) is 9.72. The molecule has 0 N–H and O–H groups in total. The molecule has 0 bridgehead atoms. The highest BCUT2D eigenvalue weighted by molar-refractivity contribution is 8.18. The van der Waals surface area contributed by atoms with Gasteiger partial charge < -0.3 is 14.1 Å². The van der Waals surface area contributed by atoms with Crippen LogP contribution in [-0.2, 0) is 21.3 Å². The lowest BCUT2D eigenvalue weighted by Crippen LogP contribution is -2.21. The lowest BCUT2D eigenvalue weighted by atomic mass is 10.3. The third-order valence-electron chi connectivity index (χ3n) is 4.73. The van der Waals surface area contributed by atoms with Gasteiger partial charge in [0.1, 0.15) is 6.34 Å². The number of benzene rings is 2. The minimum absolute atomic E-state index is 0.209. The normalized spacial score (nSPS) is 16.3. The average Bonchev–Trinajstić information content (AvgIpc) is 3.07. The van der Waals surface area contributed by atoms with E-state index in [2.05, 4.69) is 46.6 Å². The van der Waals surface area contributed by atoms with Crippen LogP contribution in [-0.4, -0.2) is 25.7 Å². The summed E-state index contributed by atoms with van der Waals surface area (Å²) in [7, 11) is 0. The summed E-state index contributed by atoms with van der Waals surface area (Å²) in [6.07, 6.45) is 0.829. The van der Waals surface area contributed by atoms with E-state index in [-0.39, 0.29) is 12.4 Å². The average molecular weight is 415 g/mol. The van der Waals surface area contributed by atoms with Gasteiger partial charge in [0.05, 0.1) is 13.0 Å². The van der Waals surface area contributed by atoms with Crippen LogP contribution >= 0.6 is 6.34 Å². The highest BCUT2D eigenvalue weighted by atomic mass is 32.4. The number of para-hydroxylation sites is 2. The Morgan fingerprint density at radius 3 is 1.93 bits per heavy atom. The molecule has 1 saturated heterocycles. The fourth-order valence-electron chi connectivity index (χ4n) is 3.56. The smallest absolute Gasteiger partial charge is 0.310 e. The summed E-state index contributed by atoms with van der Waals surface area (Å²) in [5.74, 6) is -0.209. The molecule has 28 heavy (non-hydrogen) atoms. The number of carbonyl (C=O) groups excluding carboxylic acids is 1. The number of hydrogen-bond donors (Lipinski definition) is 0. The summed E-state index contributed by atoms with van der Waals surface area (Å²) < 4.78 is 9.92. The van der Waals surface area contributed by atoms with E-state index >= 15 is 0 Å². The number of carbonyl (C=O) groups is 1. The third-order valence-corrected chi connectivity index (χ3v) is 9.88. The number of ether oxygens (including phenoxy) is 1. The van der Waals surface area contributed by atoms with Gasteiger partial charge in [-0.05, 0) is 49.4 Å². The number of anilines is 2. The first-order valence-corrected chi connectivity index (χ1v) is 12.4. The number of hydrogen-bond acceptors (Lipinski definition) is 3. The Morgan fingerprint density at radius 1 is 1.00 bits per heavy atom. The van der Waals surface area contributed by atoms with Crippen molar-refractivity contribution in [1.29, 1.82) is 0 Å². The van der Waals surface area contributed by atoms with Crippen LogP contribution in [0.4, 0.5) is 11.4 Å². The molecule has 1 aliphatic rings. The van der Waals surface area contributed by atoms with Gasteiger partial charge in [-0.25, -0.2) is 0 Å². The van der Waals surface area contributed by atoms with Crippen LogP contribution in [0.25, 0.3) is 0 Å². The topological polar surface area (TPSA) is 32.8 Å². The molecule has 6 heteroatoms. The Kier molecular flexibility index (Phi) is 6.93. The maximum absolute atomic E-state index is 12.4. The molecule has 1 fully saturated rings. The second-order valence-corrected chi connectivity index (χ2v) is 10.7. The van der Waals surface area contributed by atoms with Crippen molar-refractivity contribution in [2.24, 2.45) is 0 Å². The molecule has 0 unspecified atom stereocenters. The molecule has 1 aliphatic heterocycles. The zero-order valence-electron chi connectivity index (χ0n) is 16.5. The second kappa shape index (κ2) is 9.40. The van der Waals surface area contributed by atoms with E-state index < -0.39 is 6.34 Å². The highest BCUT2D eigenvalue weighted by Crippen LogP contribution is 2.66. The van der Waals surface area contributed by atoms with Crippen LogP contribution in [0.5, 0.6) is 0 Å². The fraction of sp³-hybridized carbons (Fsp3) is 0.318. The summed E-state index contributed by atoms with van der Waals surface area (Å²) in [6, 6.07) is 20.6. The van der Waals surface area contributed by atoms with Gasteiger partial charge in [0.15, 0.2) is 0 Å². The lowest BCUT2D eigenvalue weighted by Gasteiger charge is -2.38. The number of nitrogens with zero attached hydrogens (tertiary/aromatic N) is 2. The van der Waals surface area contributed by atoms with Gasteiger partial charge in [-0.15, -0.1) is 0 Å². The number of esters is 1. The molecule has 2 aromatic rings. The van der Waals surface area contributed by atoms with Crippen LogP contribution < -0.4 is 9.34 Å². The Labute approximate surface area is 172 Å². The summed E-state index contributed by atoms with van der Waals surface area (Å²) in [6.45, 7) is 5.97. The van der Waals surface area contributed by atoms with Crippen LogP contribution in [0.15, 0.2) is 72.1 Å². The van der Waals surface area contributed by atoms with Gasteiger partial charge in [0.2, 0.25) is 0 Å². The van der Waals surface area contributed by atoms with Gasteiger partial charge >= 0.3 is 5.97 Å². The van der Waals surface area contributed by atoms with Crippen LogP contribution in [0.2, 0.25) is 0 Å². The molecule has 0 radical (unpaired) electrons. The Morgan fingerprint density at radius 2 is 1.50 bits per heavy atom. The van der Waals surface area contributed by atoms with Crippen LogP contribution in [0.3, 0.4) is 0 Å². The van der Waals surface area contributed by atoms with Crippen molar-refractivity contribution in [2.75, 3.05) is 29.0 Å². The van der Waals surface area contributed by atoms with Crippen molar-refractivity contribution in [1.82, 2.24) is 0 Å². The molecule has 3 rings (SSSR count). The van der Waals surface area contributed by atoms with Crippen molar-refractivity contribution in [3.8, 4) is 0 Å². The molecule has 0 spiro atoms. The minimum atomic E-state index is -2.38. The predicted octanol–water partition coefficient (Wildman–Crippen LogP) is 5.57. The quantitative estimate of drug-likeness (QED) is 0.437. The molecule has 0 aromatic heterocycles. The molecule has 0 saturated carbocycles. The molecule has 0 amide bonds. The van der Waals surface area contributed by atoms with E-state index in [1.165, 1.54) is 0 Å². The maximum Gasteiger partial charge on any atom is 0.310 e. The summed E-state index contributed by atoms with van der Waals surface area (Å²) >= 11 is 6.45. The Bertz CT molecular complexity index is 819. The summed E-state index contributed by atoms with van der Waals surface area (Å²) in [4.78, 5) is 12.4. The first kappa shape index (κ1) is 20.6. The van der Waals surface area contributed by atoms with Crippen molar-refractivity contribution in [3.05, 3.63) is 72.1 Å². The molecular weight excluding hydrogens is 387 g/mol. The predicted molar refractivity (Wildman–Crippen MR) is 121 cm³/mol. The first-order chi connectivity index (χ1) is 13.6. The highest BCUT2D eigenvalue weighted by Gasteiger charge is 2.42. The molecule has 0 aliphatic carbocycles. The van der Waals surface area contributed by atoms with Gasteiger partial charge in [-0.3, -0.25) is 4.79 Å². The zero-order valence-corrected chi connectivity index (χ0v) is 18.2. The fourth-order valence-corrected chi connectivity index (χ4v) is 8.28. The molecule has 1 heterocycles. The van der Waals surface area contributed by atoms with E-state index in [1.807, 2.05) is 43.3 Å². The maximum atomic E-state index is 12.4. The zero-order chi connectivity index (χ0) is 20.0. The molecular formula is C22H27N2O2PS. The van der Waals surface area contributed by atoms with Gasteiger partial charge in [0, 0.05) is 29.8 Å². The van der Waals surface area contributed by atoms with Crippen LogP contribution in [0.1, 0.15) is 26.7 Å². The second-order valence-electron chi connectivity index (χ2n) is 6.55. The van der Waals surface area contributed by atoms with E-state index in [9.17, 15) is 4.79 Å². The Balaban J connectivity index is 2.09. The molecule has 0 atom stereocenters. The van der Waals surface area contributed by atoms with E-state index in [1.54, 1.807) is 0 Å².